The fourth-order valence-electron chi connectivity index (χ4n) is 1.78. The lowest BCUT2D eigenvalue weighted by Gasteiger charge is -2.17. The molecular formula is C17H29ClN2O2. The van der Waals surface area contributed by atoms with Gasteiger partial charge in [0.15, 0.2) is 0 Å². The Morgan fingerprint density at radius 3 is 2.45 bits per heavy atom. The van der Waals surface area contributed by atoms with Gasteiger partial charge in [-0.05, 0) is 25.3 Å². The van der Waals surface area contributed by atoms with Crippen molar-refractivity contribution in [2.45, 2.75) is 46.7 Å². The third-order valence-corrected chi connectivity index (χ3v) is 3.58. The summed E-state index contributed by atoms with van der Waals surface area (Å²) in [6, 6.07) is 7.66. The Morgan fingerprint density at radius 2 is 1.86 bits per heavy atom. The number of nitrogens with two attached hydrogens (primary N) is 1. The molecule has 0 bridgehead atoms. The number of ether oxygens (including phenoxy) is 1. The van der Waals surface area contributed by atoms with Crippen LogP contribution in [0.1, 0.15) is 39.7 Å². The molecule has 0 saturated heterocycles. The summed E-state index contributed by atoms with van der Waals surface area (Å²) in [5, 5.41) is 2.92. The van der Waals surface area contributed by atoms with E-state index in [1.807, 2.05) is 38.1 Å². The SMILES string of the molecule is CC(C)CCOc1ccccc1CNC(=O)C(C)C(C)N.Cl. The van der Waals surface area contributed by atoms with E-state index in [1.54, 1.807) is 0 Å². The Kier molecular flexibility index (Phi) is 9.86. The van der Waals surface area contributed by atoms with Gasteiger partial charge in [0, 0.05) is 24.1 Å². The van der Waals surface area contributed by atoms with Crippen LogP contribution in [0.3, 0.4) is 0 Å². The van der Waals surface area contributed by atoms with Crippen LogP contribution in [0, 0.1) is 11.8 Å². The second-order valence-electron chi connectivity index (χ2n) is 6.00. The highest BCUT2D eigenvalue weighted by molar-refractivity contribution is 5.85. The molecule has 3 N–H and O–H groups in total. The van der Waals surface area contributed by atoms with Gasteiger partial charge in [0.25, 0.3) is 0 Å². The summed E-state index contributed by atoms with van der Waals surface area (Å²) in [5.74, 6) is 1.23. The zero-order valence-electron chi connectivity index (χ0n) is 14.0. The van der Waals surface area contributed by atoms with E-state index in [2.05, 4.69) is 19.2 Å². The lowest BCUT2D eigenvalue weighted by atomic mass is 10.0. The minimum absolute atomic E-state index is 0. The van der Waals surface area contributed by atoms with Crippen LogP contribution in [-0.4, -0.2) is 18.6 Å². The van der Waals surface area contributed by atoms with Crippen molar-refractivity contribution in [2.75, 3.05) is 6.61 Å². The molecule has 0 heterocycles. The Morgan fingerprint density at radius 1 is 1.23 bits per heavy atom. The first kappa shape index (κ1) is 20.7. The quantitative estimate of drug-likeness (QED) is 0.770. The van der Waals surface area contributed by atoms with E-state index in [0.29, 0.717) is 19.1 Å². The van der Waals surface area contributed by atoms with E-state index in [1.165, 1.54) is 0 Å². The molecule has 1 rings (SSSR count). The number of carbonyl (C=O) groups excluding carboxylic acids is 1. The highest BCUT2D eigenvalue weighted by Gasteiger charge is 2.16. The number of benzene rings is 1. The van der Waals surface area contributed by atoms with E-state index >= 15 is 0 Å². The number of hydrogen-bond acceptors (Lipinski definition) is 3. The summed E-state index contributed by atoms with van der Waals surface area (Å²) in [4.78, 5) is 11.9. The predicted molar refractivity (Wildman–Crippen MR) is 93.3 cm³/mol. The van der Waals surface area contributed by atoms with Crippen molar-refractivity contribution in [3.05, 3.63) is 29.8 Å². The summed E-state index contributed by atoms with van der Waals surface area (Å²) >= 11 is 0. The number of hydrogen-bond donors (Lipinski definition) is 2. The topological polar surface area (TPSA) is 64.3 Å². The van der Waals surface area contributed by atoms with Gasteiger partial charge in [-0.15, -0.1) is 12.4 Å². The maximum absolute atomic E-state index is 11.9. The normalized spacial score (nSPS) is 13.2. The van der Waals surface area contributed by atoms with Crippen molar-refractivity contribution in [3.63, 3.8) is 0 Å². The molecule has 22 heavy (non-hydrogen) atoms. The number of para-hydroxylation sites is 1. The Bertz CT molecular complexity index is 450. The minimum atomic E-state index is -0.195. The highest BCUT2D eigenvalue weighted by Crippen LogP contribution is 2.18. The molecular weight excluding hydrogens is 300 g/mol. The van der Waals surface area contributed by atoms with Crippen LogP contribution in [0.4, 0.5) is 0 Å². The molecule has 0 aliphatic carbocycles. The molecule has 0 fully saturated rings. The Hall–Kier alpha value is -1.26. The molecule has 5 heteroatoms. The van der Waals surface area contributed by atoms with Gasteiger partial charge < -0.3 is 15.8 Å². The third kappa shape index (κ3) is 7.14. The Balaban J connectivity index is 0.00000441. The molecule has 0 aliphatic heterocycles. The van der Waals surface area contributed by atoms with E-state index in [9.17, 15) is 4.79 Å². The van der Waals surface area contributed by atoms with Crippen molar-refractivity contribution in [1.29, 1.82) is 0 Å². The lowest BCUT2D eigenvalue weighted by Crippen LogP contribution is -2.38. The molecule has 4 nitrogen and oxygen atoms in total. The largest absolute Gasteiger partial charge is 0.493 e. The first-order valence-electron chi connectivity index (χ1n) is 7.65. The van der Waals surface area contributed by atoms with Crippen molar-refractivity contribution in [3.8, 4) is 5.75 Å². The predicted octanol–water partition coefficient (Wildman–Crippen LogP) is 3.13. The second-order valence-corrected chi connectivity index (χ2v) is 6.00. The molecule has 1 amide bonds. The zero-order valence-corrected chi connectivity index (χ0v) is 14.8. The third-order valence-electron chi connectivity index (χ3n) is 3.58. The fourth-order valence-corrected chi connectivity index (χ4v) is 1.78. The molecule has 1 aromatic rings. The van der Waals surface area contributed by atoms with Gasteiger partial charge in [0.1, 0.15) is 5.75 Å². The number of halogens is 1. The molecule has 1 aromatic carbocycles. The van der Waals surface area contributed by atoms with Crippen LogP contribution < -0.4 is 15.8 Å². The molecule has 0 saturated carbocycles. The van der Waals surface area contributed by atoms with Crippen LogP contribution >= 0.6 is 12.4 Å². The van der Waals surface area contributed by atoms with Crippen LogP contribution in [-0.2, 0) is 11.3 Å². The standard InChI is InChI=1S/C17H28N2O2.ClH/c1-12(2)9-10-21-16-8-6-5-7-15(16)11-19-17(20)13(3)14(4)18;/h5-8,12-14H,9-11,18H2,1-4H3,(H,19,20);1H. The van der Waals surface area contributed by atoms with Crippen molar-refractivity contribution >= 4 is 18.3 Å². The summed E-state index contributed by atoms with van der Waals surface area (Å²) in [6.07, 6.45) is 1.02. The minimum Gasteiger partial charge on any atom is -0.493 e. The molecule has 2 unspecified atom stereocenters. The van der Waals surface area contributed by atoms with Gasteiger partial charge in [0.05, 0.1) is 6.61 Å². The zero-order chi connectivity index (χ0) is 15.8. The van der Waals surface area contributed by atoms with Crippen LogP contribution in [0.5, 0.6) is 5.75 Å². The van der Waals surface area contributed by atoms with Gasteiger partial charge >= 0.3 is 0 Å². The molecule has 126 valence electrons. The molecule has 0 radical (unpaired) electrons. The van der Waals surface area contributed by atoms with Crippen LogP contribution in [0.25, 0.3) is 0 Å². The van der Waals surface area contributed by atoms with E-state index in [0.717, 1.165) is 17.7 Å². The lowest BCUT2D eigenvalue weighted by molar-refractivity contribution is -0.125. The fraction of sp³-hybridized carbons (Fsp3) is 0.588. The monoisotopic (exact) mass is 328 g/mol. The molecule has 0 aromatic heterocycles. The smallest absolute Gasteiger partial charge is 0.224 e. The first-order chi connectivity index (χ1) is 9.91. The van der Waals surface area contributed by atoms with E-state index in [4.69, 9.17) is 10.5 Å². The maximum atomic E-state index is 11.9. The van der Waals surface area contributed by atoms with Gasteiger partial charge in [-0.1, -0.05) is 39.0 Å². The van der Waals surface area contributed by atoms with Crippen LogP contribution in [0.15, 0.2) is 24.3 Å². The molecule has 2 atom stereocenters. The van der Waals surface area contributed by atoms with Crippen LogP contribution in [0.2, 0.25) is 0 Å². The first-order valence-corrected chi connectivity index (χ1v) is 7.65. The molecule has 0 aliphatic rings. The number of amides is 1. The number of carbonyl (C=O) groups is 1. The van der Waals surface area contributed by atoms with E-state index in [-0.39, 0.29) is 30.3 Å². The maximum Gasteiger partial charge on any atom is 0.224 e. The van der Waals surface area contributed by atoms with Crippen molar-refractivity contribution in [1.82, 2.24) is 5.32 Å². The molecule has 0 spiro atoms. The van der Waals surface area contributed by atoms with Crippen molar-refractivity contribution in [2.24, 2.45) is 17.6 Å². The number of nitrogens with one attached hydrogen (secondary N) is 1. The summed E-state index contributed by atoms with van der Waals surface area (Å²) in [7, 11) is 0. The van der Waals surface area contributed by atoms with Gasteiger partial charge in [-0.25, -0.2) is 0 Å². The van der Waals surface area contributed by atoms with Gasteiger partial charge in [-0.2, -0.15) is 0 Å². The second kappa shape index (κ2) is 10.5. The highest BCUT2D eigenvalue weighted by atomic mass is 35.5. The van der Waals surface area contributed by atoms with Gasteiger partial charge in [-0.3, -0.25) is 4.79 Å². The average molecular weight is 329 g/mol. The average Bonchev–Trinajstić information content (AvgIpc) is 2.44. The summed E-state index contributed by atoms with van der Waals surface area (Å²) in [6.45, 7) is 9.18. The van der Waals surface area contributed by atoms with Gasteiger partial charge in [0.2, 0.25) is 5.91 Å². The summed E-state index contributed by atoms with van der Waals surface area (Å²) in [5.41, 5.74) is 6.74. The van der Waals surface area contributed by atoms with Crippen molar-refractivity contribution < 1.29 is 9.53 Å². The summed E-state index contributed by atoms with van der Waals surface area (Å²) < 4.78 is 5.81. The number of rotatable bonds is 8. The Labute approximate surface area is 140 Å². The van der Waals surface area contributed by atoms with E-state index < -0.39 is 0 Å².